The van der Waals surface area contributed by atoms with Gasteiger partial charge in [0.2, 0.25) is 5.91 Å². The van der Waals surface area contributed by atoms with Gasteiger partial charge in [-0.25, -0.2) is 4.98 Å². The van der Waals surface area contributed by atoms with Crippen molar-refractivity contribution < 1.29 is 10.0 Å². The molecular formula is C26H24N4O3S2. The number of thioether (sulfide) groups is 1. The number of aromatic nitrogens is 2. The van der Waals surface area contributed by atoms with E-state index >= 15 is 0 Å². The Morgan fingerprint density at radius 3 is 2.63 bits per heavy atom. The highest BCUT2D eigenvalue weighted by Gasteiger charge is 2.23. The zero-order valence-corrected chi connectivity index (χ0v) is 20.8. The Bertz CT molecular complexity index is 1470. The van der Waals surface area contributed by atoms with Crippen LogP contribution in [0.25, 0.3) is 15.9 Å². The number of benzene rings is 2. The van der Waals surface area contributed by atoms with Gasteiger partial charge in [0.25, 0.3) is 5.56 Å². The van der Waals surface area contributed by atoms with Crippen LogP contribution in [0, 0.1) is 0 Å². The number of carbonyl (C=O) groups is 1. The van der Waals surface area contributed by atoms with Crippen molar-refractivity contribution in [3.63, 3.8) is 0 Å². The van der Waals surface area contributed by atoms with Crippen molar-refractivity contribution in [1.82, 2.24) is 9.55 Å². The van der Waals surface area contributed by atoms with E-state index in [-0.39, 0.29) is 17.2 Å². The number of anilines is 1. The number of hydrogen-bond acceptors (Lipinski definition) is 7. The van der Waals surface area contributed by atoms with Crippen LogP contribution in [0.4, 0.5) is 5.69 Å². The molecule has 0 atom stereocenters. The monoisotopic (exact) mass is 504 g/mol. The molecule has 1 aliphatic carbocycles. The van der Waals surface area contributed by atoms with Gasteiger partial charge in [-0.05, 0) is 68.0 Å². The summed E-state index contributed by atoms with van der Waals surface area (Å²) in [6.07, 6.45) is 4.14. The maximum atomic E-state index is 13.7. The van der Waals surface area contributed by atoms with Crippen molar-refractivity contribution in [2.45, 2.75) is 37.8 Å². The third-order valence-electron chi connectivity index (χ3n) is 6.04. The van der Waals surface area contributed by atoms with Crippen LogP contribution in [0.1, 0.15) is 35.8 Å². The van der Waals surface area contributed by atoms with Crippen LogP contribution in [0.5, 0.6) is 0 Å². The highest BCUT2D eigenvalue weighted by molar-refractivity contribution is 7.99. The minimum absolute atomic E-state index is 0.0694. The van der Waals surface area contributed by atoms with Crippen LogP contribution in [0.3, 0.4) is 0 Å². The highest BCUT2D eigenvalue weighted by atomic mass is 32.2. The van der Waals surface area contributed by atoms with Crippen molar-refractivity contribution in [2.24, 2.45) is 5.16 Å². The Morgan fingerprint density at radius 1 is 1.14 bits per heavy atom. The quantitative estimate of drug-likeness (QED) is 0.123. The van der Waals surface area contributed by atoms with Gasteiger partial charge >= 0.3 is 0 Å². The number of fused-ring (bicyclic) bond motifs is 3. The summed E-state index contributed by atoms with van der Waals surface area (Å²) in [6, 6.07) is 16.5. The first-order valence-corrected chi connectivity index (χ1v) is 13.2. The summed E-state index contributed by atoms with van der Waals surface area (Å²) < 4.78 is 1.63. The van der Waals surface area contributed by atoms with Gasteiger partial charge in [0.1, 0.15) is 4.83 Å². The predicted octanol–water partition coefficient (Wildman–Crippen LogP) is 5.26. The number of rotatable bonds is 6. The fourth-order valence-corrected chi connectivity index (χ4v) is 6.38. The van der Waals surface area contributed by atoms with Crippen LogP contribution < -0.4 is 10.9 Å². The molecule has 35 heavy (non-hydrogen) atoms. The molecular weight excluding hydrogens is 480 g/mol. The van der Waals surface area contributed by atoms with Crippen LogP contribution >= 0.6 is 23.1 Å². The zero-order chi connectivity index (χ0) is 24.4. The van der Waals surface area contributed by atoms with Crippen molar-refractivity contribution in [2.75, 3.05) is 11.1 Å². The Kier molecular flexibility index (Phi) is 6.70. The smallest absolute Gasteiger partial charge is 0.267 e. The molecule has 0 saturated heterocycles. The number of aryl methyl sites for hydroxylation is 2. The first-order valence-electron chi connectivity index (χ1n) is 11.4. The molecule has 2 heterocycles. The molecule has 1 aliphatic rings. The first-order chi connectivity index (χ1) is 17.0. The molecule has 7 nitrogen and oxygen atoms in total. The molecule has 0 aliphatic heterocycles. The van der Waals surface area contributed by atoms with Crippen molar-refractivity contribution in [3.05, 3.63) is 81.0 Å². The summed E-state index contributed by atoms with van der Waals surface area (Å²) in [5.41, 5.74) is 3.72. The first kappa shape index (κ1) is 23.3. The summed E-state index contributed by atoms with van der Waals surface area (Å²) in [5.74, 6) is -0.0934. The normalized spacial score (nSPS) is 13.6. The minimum Gasteiger partial charge on any atom is -0.411 e. The van der Waals surface area contributed by atoms with Gasteiger partial charge < -0.3 is 10.5 Å². The Balaban J connectivity index is 1.43. The molecule has 178 valence electrons. The lowest BCUT2D eigenvalue weighted by Gasteiger charge is -2.13. The van der Waals surface area contributed by atoms with E-state index in [2.05, 4.69) is 10.5 Å². The molecule has 0 fully saturated rings. The van der Waals surface area contributed by atoms with Gasteiger partial charge in [-0.2, -0.15) is 0 Å². The van der Waals surface area contributed by atoms with Gasteiger partial charge in [-0.1, -0.05) is 47.2 Å². The third-order valence-corrected chi connectivity index (χ3v) is 8.17. The van der Waals surface area contributed by atoms with Crippen molar-refractivity contribution >= 4 is 50.6 Å². The van der Waals surface area contributed by atoms with E-state index in [1.54, 1.807) is 47.1 Å². The standard InChI is InChI=1S/C26H24N4O3S2/c1-16(29-33)17-11-13-18(14-12-17)27-22(31)15-34-26-28-24-23(20-9-5-6-10-21(20)35-24)25(32)30(26)19-7-3-2-4-8-19/h2-4,7-8,11-14,33H,5-6,9-10,15H2,1H3,(H,27,31)/b29-16+. The third kappa shape index (κ3) is 4.74. The van der Waals surface area contributed by atoms with Crippen LogP contribution in [0.15, 0.2) is 69.7 Å². The minimum atomic E-state index is -0.199. The van der Waals surface area contributed by atoms with Gasteiger partial charge in [0.05, 0.1) is 22.5 Å². The molecule has 2 aromatic carbocycles. The average molecular weight is 505 g/mol. The predicted molar refractivity (Wildman–Crippen MR) is 142 cm³/mol. The molecule has 0 spiro atoms. The Labute approximate surface area is 210 Å². The average Bonchev–Trinajstić information content (AvgIpc) is 3.26. The number of thiophene rings is 1. The number of nitrogens with one attached hydrogen (secondary N) is 1. The number of hydrogen-bond donors (Lipinski definition) is 2. The molecule has 0 saturated carbocycles. The second kappa shape index (κ2) is 10.1. The van der Waals surface area contributed by atoms with Crippen LogP contribution in [0.2, 0.25) is 0 Å². The van der Waals surface area contributed by atoms with Gasteiger partial charge in [-0.15, -0.1) is 11.3 Å². The summed E-state index contributed by atoms with van der Waals surface area (Å²) in [5, 5.41) is 16.2. The molecule has 0 unspecified atom stereocenters. The summed E-state index contributed by atoms with van der Waals surface area (Å²) in [6.45, 7) is 1.70. The molecule has 2 N–H and O–H groups in total. The second-order valence-electron chi connectivity index (χ2n) is 8.36. The fraction of sp³-hybridized carbons (Fsp3) is 0.231. The number of nitrogens with zero attached hydrogens (tertiary/aromatic N) is 3. The number of carbonyl (C=O) groups excluding carboxylic acids is 1. The van der Waals surface area contributed by atoms with Crippen LogP contribution in [-0.4, -0.2) is 32.1 Å². The molecule has 9 heteroatoms. The van der Waals surface area contributed by atoms with Gasteiger partial charge in [0.15, 0.2) is 5.16 Å². The second-order valence-corrected chi connectivity index (χ2v) is 10.4. The number of para-hydroxylation sites is 1. The molecule has 0 radical (unpaired) electrons. The number of oxime groups is 1. The number of amides is 1. The largest absolute Gasteiger partial charge is 0.411 e. The topological polar surface area (TPSA) is 96.6 Å². The van der Waals surface area contributed by atoms with E-state index in [0.29, 0.717) is 16.6 Å². The van der Waals surface area contributed by atoms with Crippen molar-refractivity contribution in [1.29, 1.82) is 0 Å². The fourth-order valence-electron chi connectivity index (χ4n) is 4.27. The van der Waals surface area contributed by atoms with Crippen LogP contribution in [-0.2, 0) is 17.6 Å². The molecule has 1 amide bonds. The summed E-state index contributed by atoms with van der Waals surface area (Å²) in [7, 11) is 0. The highest BCUT2D eigenvalue weighted by Crippen LogP contribution is 2.35. The van der Waals surface area contributed by atoms with E-state index in [9.17, 15) is 9.59 Å². The molecule has 4 aromatic rings. The lowest BCUT2D eigenvalue weighted by molar-refractivity contribution is -0.113. The van der Waals surface area contributed by atoms with E-state index in [1.165, 1.54) is 16.6 Å². The summed E-state index contributed by atoms with van der Waals surface area (Å²) >= 11 is 2.86. The Hall–Kier alpha value is -3.43. The molecule has 5 rings (SSSR count). The van der Waals surface area contributed by atoms with Gasteiger partial charge in [0, 0.05) is 10.6 Å². The zero-order valence-electron chi connectivity index (χ0n) is 19.2. The van der Waals surface area contributed by atoms with E-state index in [4.69, 9.17) is 10.2 Å². The SMILES string of the molecule is C/C(=N\O)c1ccc(NC(=O)CSc2nc3sc4c(c3c(=O)n2-c2ccccc2)CCCC4)cc1. The van der Waals surface area contributed by atoms with E-state index < -0.39 is 0 Å². The van der Waals surface area contributed by atoms with Gasteiger partial charge in [-0.3, -0.25) is 14.2 Å². The molecule has 0 bridgehead atoms. The van der Waals surface area contributed by atoms with E-state index in [0.717, 1.165) is 52.7 Å². The maximum absolute atomic E-state index is 13.7. The lowest BCUT2D eigenvalue weighted by Crippen LogP contribution is -2.23. The van der Waals surface area contributed by atoms with Crippen molar-refractivity contribution in [3.8, 4) is 5.69 Å². The molecule has 2 aromatic heterocycles. The van der Waals surface area contributed by atoms with E-state index in [1.807, 2.05) is 30.3 Å². The summed E-state index contributed by atoms with van der Waals surface area (Å²) in [4.78, 5) is 33.3. The lowest BCUT2D eigenvalue weighted by atomic mass is 9.97. The Morgan fingerprint density at radius 2 is 1.89 bits per heavy atom. The maximum Gasteiger partial charge on any atom is 0.267 e.